The van der Waals surface area contributed by atoms with Gasteiger partial charge in [0.25, 0.3) is 5.91 Å². The van der Waals surface area contributed by atoms with Gasteiger partial charge in [0.15, 0.2) is 9.84 Å². The van der Waals surface area contributed by atoms with E-state index in [-0.39, 0.29) is 16.4 Å². The monoisotopic (exact) mass is 379 g/mol. The number of carbonyl (C=O) groups excluding carboxylic acids is 1. The molecule has 0 aliphatic heterocycles. The van der Waals surface area contributed by atoms with E-state index in [1.54, 1.807) is 36.4 Å². The normalized spacial score (nSPS) is 11.4. The summed E-state index contributed by atoms with van der Waals surface area (Å²) < 4.78 is 23.2. The van der Waals surface area contributed by atoms with Gasteiger partial charge in [-0.3, -0.25) is 4.79 Å². The van der Waals surface area contributed by atoms with Gasteiger partial charge in [0, 0.05) is 17.5 Å². The predicted octanol–water partition coefficient (Wildman–Crippen LogP) is 4.76. The second-order valence-corrected chi connectivity index (χ2v) is 7.85. The summed E-state index contributed by atoms with van der Waals surface area (Å²) in [6.07, 6.45) is 1.10. The van der Waals surface area contributed by atoms with E-state index in [1.165, 1.54) is 12.1 Å². The number of hydrogen-bond acceptors (Lipinski definition) is 5. The van der Waals surface area contributed by atoms with Crippen molar-refractivity contribution in [3.8, 4) is 0 Å². The van der Waals surface area contributed by atoms with Crippen molar-refractivity contribution in [1.82, 2.24) is 0 Å². The zero-order valence-corrected chi connectivity index (χ0v) is 15.3. The molecule has 3 aromatic carbocycles. The van der Waals surface area contributed by atoms with E-state index in [0.29, 0.717) is 11.4 Å². The fourth-order valence-electron chi connectivity index (χ4n) is 2.29. The Hall–Kier alpha value is -3.32. The molecule has 1 amide bonds. The van der Waals surface area contributed by atoms with Crippen LogP contribution in [0, 0.1) is 0 Å². The Labute approximate surface area is 157 Å². The van der Waals surface area contributed by atoms with E-state index in [4.69, 9.17) is 0 Å². The summed E-state index contributed by atoms with van der Waals surface area (Å²) in [5.41, 5.74) is 2.24. The molecule has 0 aromatic heterocycles. The molecule has 0 fully saturated rings. The van der Waals surface area contributed by atoms with Crippen LogP contribution in [0.4, 0.5) is 17.1 Å². The topological polar surface area (TPSA) is 88.0 Å². The Balaban J connectivity index is 1.69. The van der Waals surface area contributed by atoms with Gasteiger partial charge in [0.1, 0.15) is 0 Å². The van der Waals surface area contributed by atoms with Gasteiger partial charge in [-0.05, 0) is 54.6 Å². The van der Waals surface area contributed by atoms with Crippen molar-refractivity contribution in [2.24, 2.45) is 10.2 Å². The highest BCUT2D eigenvalue weighted by Gasteiger charge is 2.11. The van der Waals surface area contributed by atoms with Gasteiger partial charge >= 0.3 is 0 Å². The lowest BCUT2D eigenvalue weighted by atomic mass is 10.2. The Morgan fingerprint density at radius 3 is 2.07 bits per heavy atom. The van der Waals surface area contributed by atoms with Gasteiger partial charge in [-0.15, -0.1) is 0 Å². The highest BCUT2D eigenvalue weighted by Crippen LogP contribution is 2.20. The van der Waals surface area contributed by atoms with Gasteiger partial charge in [0.05, 0.1) is 16.3 Å². The molecule has 3 aromatic rings. The fraction of sp³-hybridized carbons (Fsp3) is 0.0500. The van der Waals surface area contributed by atoms with Crippen LogP contribution in [-0.2, 0) is 9.84 Å². The molecule has 0 bridgehead atoms. The molecule has 3 rings (SSSR count). The molecule has 0 saturated carbocycles. The lowest BCUT2D eigenvalue weighted by Crippen LogP contribution is -2.12. The Morgan fingerprint density at radius 1 is 0.815 bits per heavy atom. The van der Waals surface area contributed by atoms with Crippen LogP contribution in [-0.4, -0.2) is 20.6 Å². The third kappa shape index (κ3) is 5.08. The van der Waals surface area contributed by atoms with Crippen molar-refractivity contribution in [3.05, 3.63) is 84.4 Å². The molecule has 136 valence electrons. The Morgan fingerprint density at radius 2 is 1.44 bits per heavy atom. The highest BCUT2D eigenvalue weighted by molar-refractivity contribution is 7.90. The molecule has 6 nitrogen and oxygen atoms in total. The van der Waals surface area contributed by atoms with Gasteiger partial charge in [-0.2, -0.15) is 10.2 Å². The fourth-order valence-corrected chi connectivity index (χ4v) is 2.96. The molecular weight excluding hydrogens is 362 g/mol. The van der Waals surface area contributed by atoms with Crippen LogP contribution in [0.25, 0.3) is 0 Å². The number of nitrogens with zero attached hydrogens (tertiary/aromatic N) is 2. The van der Waals surface area contributed by atoms with E-state index in [1.807, 2.05) is 30.3 Å². The second-order valence-electron chi connectivity index (χ2n) is 5.84. The maximum Gasteiger partial charge on any atom is 0.255 e. The van der Waals surface area contributed by atoms with E-state index in [2.05, 4.69) is 15.5 Å². The molecule has 0 saturated heterocycles. The van der Waals surface area contributed by atoms with E-state index < -0.39 is 9.84 Å². The summed E-state index contributed by atoms with van der Waals surface area (Å²) in [5.74, 6) is -0.390. The predicted molar refractivity (Wildman–Crippen MR) is 105 cm³/mol. The molecule has 0 atom stereocenters. The molecule has 0 aliphatic rings. The summed E-state index contributed by atoms with van der Waals surface area (Å²) in [6.45, 7) is 0. The molecule has 0 aliphatic carbocycles. The maximum atomic E-state index is 12.3. The summed E-state index contributed by atoms with van der Waals surface area (Å²) in [7, 11) is -3.37. The number of sulfone groups is 1. The molecular formula is C20H17N3O3S. The number of benzene rings is 3. The van der Waals surface area contributed by atoms with Crippen LogP contribution in [0.5, 0.6) is 0 Å². The number of nitrogens with one attached hydrogen (secondary N) is 1. The van der Waals surface area contributed by atoms with Crippen molar-refractivity contribution in [3.63, 3.8) is 0 Å². The van der Waals surface area contributed by atoms with Crippen molar-refractivity contribution in [1.29, 1.82) is 0 Å². The number of hydrogen-bond donors (Lipinski definition) is 1. The Kier molecular flexibility index (Phi) is 5.42. The number of anilines is 1. The average Bonchev–Trinajstić information content (AvgIpc) is 2.68. The van der Waals surface area contributed by atoms with Crippen molar-refractivity contribution in [2.75, 3.05) is 11.6 Å². The largest absolute Gasteiger partial charge is 0.322 e. The standard InChI is InChI=1S/C20H17N3O3S/c1-27(25,26)19-9-5-6-15(14-19)20(24)21-16-10-12-18(13-11-16)23-22-17-7-3-2-4-8-17/h2-14H,1H3,(H,21,24). The van der Waals surface area contributed by atoms with E-state index in [9.17, 15) is 13.2 Å². The second kappa shape index (κ2) is 7.92. The minimum atomic E-state index is -3.37. The van der Waals surface area contributed by atoms with Crippen LogP contribution in [0.3, 0.4) is 0 Å². The molecule has 0 unspecified atom stereocenters. The first-order valence-electron chi connectivity index (χ1n) is 8.10. The molecule has 0 heterocycles. The van der Waals surface area contributed by atoms with Gasteiger partial charge in [-0.1, -0.05) is 24.3 Å². The summed E-state index contributed by atoms with van der Waals surface area (Å²) >= 11 is 0. The van der Waals surface area contributed by atoms with Crippen molar-refractivity contribution in [2.45, 2.75) is 4.90 Å². The SMILES string of the molecule is CS(=O)(=O)c1cccc(C(=O)Nc2ccc(N=Nc3ccccc3)cc2)c1. The lowest BCUT2D eigenvalue weighted by Gasteiger charge is -2.06. The quantitative estimate of drug-likeness (QED) is 0.648. The van der Waals surface area contributed by atoms with Crippen LogP contribution in [0.2, 0.25) is 0 Å². The minimum absolute atomic E-state index is 0.104. The van der Waals surface area contributed by atoms with Crippen LogP contribution in [0.15, 0.2) is 94.0 Å². The van der Waals surface area contributed by atoms with Gasteiger partial charge in [-0.25, -0.2) is 8.42 Å². The maximum absolute atomic E-state index is 12.3. The first-order valence-corrected chi connectivity index (χ1v) is 9.99. The van der Waals surface area contributed by atoms with E-state index in [0.717, 1.165) is 11.9 Å². The third-order valence-corrected chi connectivity index (χ3v) is 4.80. The molecule has 1 N–H and O–H groups in total. The first kappa shape index (κ1) is 18.5. The third-order valence-electron chi connectivity index (χ3n) is 3.69. The number of amides is 1. The average molecular weight is 379 g/mol. The first-order chi connectivity index (χ1) is 12.9. The summed E-state index contributed by atoms with van der Waals surface area (Å²) in [5, 5.41) is 11.0. The number of rotatable bonds is 5. The molecule has 0 radical (unpaired) electrons. The zero-order valence-electron chi connectivity index (χ0n) is 14.5. The summed E-state index contributed by atoms with van der Waals surface area (Å²) in [4.78, 5) is 12.4. The zero-order chi connectivity index (χ0) is 19.3. The van der Waals surface area contributed by atoms with Gasteiger partial charge in [0.2, 0.25) is 0 Å². The Bertz CT molecular complexity index is 1080. The number of carbonyl (C=O) groups is 1. The molecule has 27 heavy (non-hydrogen) atoms. The lowest BCUT2D eigenvalue weighted by molar-refractivity contribution is 0.102. The van der Waals surface area contributed by atoms with Crippen molar-refractivity contribution >= 4 is 32.8 Å². The number of azo groups is 1. The van der Waals surface area contributed by atoms with E-state index >= 15 is 0 Å². The van der Waals surface area contributed by atoms with Crippen LogP contribution >= 0.6 is 0 Å². The summed E-state index contributed by atoms with van der Waals surface area (Å²) in [6, 6.07) is 22.2. The molecule has 7 heteroatoms. The highest BCUT2D eigenvalue weighted by atomic mass is 32.2. The minimum Gasteiger partial charge on any atom is -0.322 e. The van der Waals surface area contributed by atoms with Gasteiger partial charge < -0.3 is 5.32 Å². The van der Waals surface area contributed by atoms with Crippen molar-refractivity contribution < 1.29 is 13.2 Å². The smallest absolute Gasteiger partial charge is 0.255 e. The van der Waals surface area contributed by atoms with Crippen LogP contribution < -0.4 is 5.32 Å². The van der Waals surface area contributed by atoms with Crippen LogP contribution in [0.1, 0.15) is 10.4 Å². The molecule has 0 spiro atoms.